The molecule has 192 valence electrons. The van der Waals surface area contributed by atoms with Gasteiger partial charge >= 0.3 is 0 Å². The second kappa shape index (κ2) is 9.50. The number of aromatic nitrogens is 2. The van der Waals surface area contributed by atoms with Gasteiger partial charge in [-0.1, -0.05) is 12.1 Å². The quantitative estimate of drug-likeness (QED) is 0.531. The number of nitrogens with zero attached hydrogens (tertiary/aromatic N) is 5. The number of piperidine rings is 1. The topological polar surface area (TPSA) is 98.7 Å². The fourth-order valence-electron chi connectivity index (χ4n) is 5.73. The Morgan fingerprint density at radius 2 is 1.95 bits per heavy atom. The molecule has 5 heterocycles. The third-order valence-electron chi connectivity index (χ3n) is 7.83. The van der Waals surface area contributed by atoms with Gasteiger partial charge in [-0.25, -0.2) is 9.97 Å². The average Bonchev–Trinajstić information content (AvgIpc) is 3.23. The summed E-state index contributed by atoms with van der Waals surface area (Å²) in [4.78, 5) is 54.8. The van der Waals surface area contributed by atoms with Crippen molar-refractivity contribution < 1.29 is 14.4 Å². The summed E-state index contributed by atoms with van der Waals surface area (Å²) < 4.78 is 0. The van der Waals surface area contributed by atoms with Crippen molar-refractivity contribution in [2.45, 2.75) is 52.2 Å². The Hall–Kier alpha value is -3.37. The van der Waals surface area contributed by atoms with Gasteiger partial charge in [0.2, 0.25) is 11.8 Å². The molecule has 2 fully saturated rings. The van der Waals surface area contributed by atoms with Crippen LogP contribution >= 0.6 is 11.3 Å². The van der Waals surface area contributed by atoms with E-state index >= 15 is 0 Å². The van der Waals surface area contributed by atoms with Crippen LogP contribution in [-0.2, 0) is 22.7 Å². The van der Waals surface area contributed by atoms with E-state index in [0.29, 0.717) is 18.5 Å². The van der Waals surface area contributed by atoms with Crippen molar-refractivity contribution in [3.63, 3.8) is 0 Å². The largest absolute Gasteiger partial charge is 0.355 e. The van der Waals surface area contributed by atoms with E-state index in [0.717, 1.165) is 55.4 Å². The predicted molar refractivity (Wildman–Crippen MR) is 141 cm³/mol. The van der Waals surface area contributed by atoms with E-state index < -0.39 is 6.04 Å². The van der Waals surface area contributed by atoms with Crippen molar-refractivity contribution in [1.82, 2.24) is 25.1 Å². The van der Waals surface area contributed by atoms with Crippen LogP contribution in [0.5, 0.6) is 0 Å². The second-order valence-electron chi connectivity index (χ2n) is 10.2. The van der Waals surface area contributed by atoms with Crippen LogP contribution < -0.4 is 10.2 Å². The molecule has 0 saturated carbocycles. The highest BCUT2D eigenvalue weighted by Gasteiger charge is 2.39. The monoisotopic (exact) mass is 518 g/mol. The normalized spacial score (nSPS) is 20.9. The van der Waals surface area contributed by atoms with Crippen molar-refractivity contribution in [3.8, 4) is 0 Å². The van der Waals surface area contributed by atoms with Crippen LogP contribution in [-0.4, -0.2) is 69.7 Å². The molecule has 3 aromatic rings. The van der Waals surface area contributed by atoms with Gasteiger partial charge in [0.05, 0.1) is 5.39 Å². The summed E-state index contributed by atoms with van der Waals surface area (Å²) in [7, 11) is 0. The lowest BCUT2D eigenvalue weighted by atomic mass is 10.0. The summed E-state index contributed by atoms with van der Waals surface area (Å²) in [5.74, 6) is 0.267. The summed E-state index contributed by atoms with van der Waals surface area (Å²) in [6.07, 6.45) is 3.37. The maximum absolute atomic E-state index is 13.0. The van der Waals surface area contributed by atoms with Crippen LogP contribution in [0, 0.1) is 13.8 Å². The van der Waals surface area contributed by atoms with Gasteiger partial charge in [0.15, 0.2) is 0 Å². The third-order valence-corrected chi connectivity index (χ3v) is 8.94. The molecule has 2 aromatic heterocycles. The molecule has 3 amide bonds. The van der Waals surface area contributed by atoms with Crippen LogP contribution in [0.15, 0.2) is 24.5 Å². The minimum absolute atomic E-state index is 0.128. The summed E-state index contributed by atoms with van der Waals surface area (Å²) in [5.41, 5.74) is 4.05. The maximum Gasteiger partial charge on any atom is 0.255 e. The molecular weight excluding hydrogens is 488 g/mol. The number of thiophene rings is 1. The van der Waals surface area contributed by atoms with Crippen molar-refractivity contribution in [2.24, 2.45) is 0 Å². The number of fused-ring (bicyclic) bond motifs is 2. The number of amides is 3. The molecule has 1 aromatic carbocycles. The molecule has 0 aliphatic carbocycles. The highest BCUT2D eigenvalue weighted by molar-refractivity contribution is 7.18. The molecule has 9 nitrogen and oxygen atoms in total. The summed E-state index contributed by atoms with van der Waals surface area (Å²) >= 11 is 1.73. The highest BCUT2D eigenvalue weighted by atomic mass is 32.1. The Balaban J connectivity index is 1.14. The molecular formula is C27H30N6O3S. The number of aryl methyl sites for hydroxylation is 2. The van der Waals surface area contributed by atoms with Crippen LogP contribution in [0.3, 0.4) is 0 Å². The number of hydrogen-bond donors (Lipinski definition) is 1. The molecule has 1 N–H and O–H groups in total. The lowest BCUT2D eigenvalue weighted by molar-refractivity contribution is -0.136. The van der Waals surface area contributed by atoms with Crippen molar-refractivity contribution in [3.05, 3.63) is 51.7 Å². The number of hydrogen-bond acceptors (Lipinski definition) is 8. The minimum atomic E-state index is -0.582. The molecule has 10 heteroatoms. The van der Waals surface area contributed by atoms with Gasteiger partial charge in [0.25, 0.3) is 5.91 Å². The Bertz CT molecular complexity index is 1420. The van der Waals surface area contributed by atoms with Crippen LogP contribution in [0.1, 0.15) is 51.2 Å². The maximum atomic E-state index is 13.0. The van der Waals surface area contributed by atoms with Gasteiger partial charge in [-0.05, 0) is 49.4 Å². The predicted octanol–water partition coefficient (Wildman–Crippen LogP) is 2.78. The average molecular weight is 519 g/mol. The molecule has 0 bridgehead atoms. The van der Waals surface area contributed by atoms with E-state index in [2.05, 4.69) is 45.0 Å². The fraction of sp³-hybridized carbons (Fsp3) is 0.444. The van der Waals surface area contributed by atoms with Gasteiger partial charge < -0.3 is 9.80 Å². The van der Waals surface area contributed by atoms with Crippen LogP contribution in [0.2, 0.25) is 0 Å². The van der Waals surface area contributed by atoms with Crippen molar-refractivity contribution in [1.29, 1.82) is 0 Å². The molecule has 3 aliphatic heterocycles. The van der Waals surface area contributed by atoms with E-state index in [-0.39, 0.29) is 24.1 Å². The summed E-state index contributed by atoms with van der Waals surface area (Å²) in [6.45, 7) is 9.28. The second-order valence-corrected chi connectivity index (χ2v) is 11.4. The van der Waals surface area contributed by atoms with Gasteiger partial charge in [0, 0.05) is 56.1 Å². The Morgan fingerprint density at radius 1 is 1.08 bits per heavy atom. The minimum Gasteiger partial charge on any atom is -0.355 e. The zero-order valence-electron chi connectivity index (χ0n) is 21.1. The molecule has 0 radical (unpaired) electrons. The van der Waals surface area contributed by atoms with E-state index in [9.17, 15) is 14.4 Å². The van der Waals surface area contributed by atoms with Crippen LogP contribution in [0.25, 0.3) is 10.2 Å². The van der Waals surface area contributed by atoms with E-state index in [1.807, 2.05) is 12.1 Å². The van der Waals surface area contributed by atoms with Gasteiger partial charge in [-0.15, -0.1) is 11.3 Å². The summed E-state index contributed by atoms with van der Waals surface area (Å²) in [5, 5.41) is 3.55. The number of imide groups is 1. The van der Waals surface area contributed by atoms with Gasteiger partial charge in [-0.2, -0.15) is 0 Å². The number of benzene rings is 1. The number of nitrogens with one attached hydrogen (secondary N) is 1. The first-order chi connectivity index (χ1) is 17.9. The van der Waals surface area contributed by atoms with Crippen molar-refractivity contribution >= 4 is 45.1 Å². The van der Waals surface area contributed by atoms with E-state index in [4.69, 9.17) is 0 Å². The Labute approximate surface area is 219 Å². The SMILES string of the molecule is Cc1sc2ncnc(N3CCCN(Cc4ccc5c(c4)CN(C4CCC(=O)NC4=O)C5=O)CC3)c2c1C. The summed E-state index contributed by atoms with van der Waals surface area (Å²) in [6, 6.07) is 5.44. The Morgan fingerprint density at radius 3 is 2.78 bits per heavy atom. The number of carbonyl (C=O) groups excluding carboxylic acids is 3. The van der Waals surface area contributed by atoms with E-state index in [1.165, 1.54) is 21.4 Å². The zero-order valence-corrected chi connectivity index (χ0v) is 21.9. The smallest absolute Gasteiger partial charge is 0.255 e. The van der Waals surface area contributed by atoms with Crippen molar-refractivity contribution in [2.75, 3.05) is 31.1 Å². The van der Waals surface area contributed by atoms with Gasteiger partial charge in [-0.3, -0.25) is 24.6 Å². The molecule has 2 saturated heterocycles. The zero-order chi connectivity index (χ0) is 25.7. The molecule has 1 unspecified atom stereocenters. The molecule has 1 atom stereocenters. The fourth-order valence-corrected chi connectivity index (χ4v) is 6.72. The lowest BCUT2D eigenvalue weighted by Gasteiger charge is -2.29. The first-order valence-electron chi connectivity index (χ1n) is 12.8. The van der Waals surface area contributed by atoms with E-state index in [1.54, 1.807) is 22.6 Å². The number of carbonyl (C=O) groups is 3. The number of anilines is 1. The molecule has 6 rings (SSSR count). The number of rotatable bonds is 4. The molecule has 37 heavy (non-hydrogen) atoms. The first kappa shape index (κ1) is 24.0. The third kappa shape index (κ3) is 4.38. The van der Waals surface area contributed by atoms with Crippen LogP contribution in [0.4, 0.5) is 5.82 Å². The highest BCUT2D eigenvalue weighted by Crippen LogP contribution is 2.35. The molecule has 3 aliphatic rings. The molecule has 0 spiro atoms. The Kier molecular flexibility index (Phi) is 6.16. The lowest BCUT2D eigenvalue weighted by Crippen LogP contribution is -2.52. The van der Waals surface area contributed by atoms with Gasteiger partial charge in [0.1, 0.15) is 23.0 Å². The standard InChI is InChI=1S/C27H30N6O3S/c1-16-17(2)37-26-23(16)24(28-15-29-26)32-9-3-8-31(10-11-32)13-18-4-5-20-19(12-18)14-33(27(20)36)21-6-7-22(34)30-25(21)35/h4-5,12,15,21H,3,6-11,13-14H2,1-2H3,(H,30,34,35). The first-order valence-corrected chi connectivity index (χ1v) is 13.6.